The van der Waals surface area contributed by atoms with Crippen LogP contribution in [0.4, 0.5) is 4.39 Å². The average Bonchev–Trinajstić information content (AvgIpc) is 2.76. The molecule has 2 aromatic rings. The highest BCUT2D eigenvalue weighted by molar-refractivity contribution is 7.11. The Morgan fingerprint density at radius 3 is 2.65 bits per heavy atom. The van der Waals surface area contributed by atoms with Gasteiger partial charge >= 0.3 is 0 Å². The van der Waals surface area contributed by atoms with Gasteiger partial charge in [0.15, 0.2) is 0 Å². The Labute approximate surface area is 104 Å². The monoisotopic (exact) mass is 251 g/mol. The Kier molecular flexibility index (Phi) is 3.76. The van der Waals surface area contributed by atoms with Crippen LogP contribution in [-0.4, -0.2) is 0 Å². The Hall–Kier alpha value is -1.39. The molecule has 0 spiro atoms. The second-order valence-corrected chi connectivity index (χ2v) is 5.02. The summed E-state index contributed by atoms with van der Waals surface area (Å²) in [6.45, 7) is 2.88. The van der Waals surface area contributed by atoms with Crippen LogP contribution >= 0.6 is 11.3 Å². The molecule has 1 heterocycles. The molecule has 90 valence electrons. The molecule has 17 heavy (non-hydrogen) atoms. The van der Waals surface area contributed by atoms with Crippen molar-refractivity contribution in [2.75, 3.05) is 0 Å². The molecule has 1 aromatic carbocycles. The van der Waals surface area contributed by atoms with Gasteiger partial charge in [0.2, 0.25) is 0 Å². The van der Waals surface area contributed by atoms with Crippen LogP contribution in [-0.2, 0) is 13.2 Å². The normalized spacial score (nSPS) is 10.5. The summed E-state index contributed by atoms with van der Waals surface area (Å²) in [5.41, 5.74) is 6.35. The van der Waals surface area contributed by atoms with Crippen LogP contribution < -0.4 is 10.5 Å². The lowest BCUT2D eigenvalue weighted by Gasteiger charge is -2.07. The first-order chi connectivity index (χ1) is 8.19. The quantitative estimate of drug-likeness (QED) is 0.905. The van der Waals surface area contributed by atoms with Crippen molar-refractivity contribution in [2.45, 2.75) is 20.1 Å². The molecular weight excluding hydrogens is 237 g/mol. The Bertz CT molecular complexity index is 510. The van der Waals surface area contributed by atoms with Gasteiger partial charge in [-0.1, -0.05) is 0 Å². The van der Waals surface area contributed by atoms with E-state index in [-0.39, 0.29) is 5.82 Å². The van der Waals surface area contributed by atoms with Crippen LogP contribution in [0.3, 0.4) is 0 Å². The summed E-state index contributed by atoms with van der Waals surface area (Å²) < 4.78 is 18.5. The van der Waals surface area contributed by atoms with Gasteiger partial charge in [-0.25, -0.2) is 4.39 Å². The molecule has 0 unspecified atom stereocenters. The van der Waals surface area contributed by atoms with Gasteiger partial charge in [0, 0.05) is 16.3 Å². The molecule has 0 bridgehead atoms. The van der Waals surface area contributed by atoms with Gasteiger partial charge in [-0.05, 0) is 42.8 Å². The molecule has 1 aromatic heterocycles. The zero-order valence-electron chi connectivity index (χ0n) is 9.57. The van der Waals surface area contributed by atoms with Gasteiger partial charge in [-0.15, -0.1) is 11.3 Å². The van der Waals surface area contributed by atoms with Crippen LogP contribution in [0.5, 0.6) is 5.75 Å². The molecule has 0 aliphatic heterocycles. The maximum Gasteiger partial charge on any atom is 0.123 e. The van der Waals surface area contributed by atoms with E-state index in [0.717, 1.165) is 15.3 Å². The van der Waals surface area contributed by atoms with Crippen molar-refractivity contribution in [1.82, 2.24) is 0 Å². The van der Waals surface area contributed by atoms with Crippen molar-refractivity contribution >= 4 is 11.3 Å². The molecule has 0 radical (unpaired) electrons. The average molecular weight is 251 g/mol. The lowest BCUT2D eigenvalue weighted by Crippen LogP contribution is -1.95. The van der Waals surface area contributed by atoms with Crippen molar-refractivity contribution in [3.63, 3.8) is 0 Å². The first-order valence-electron chi connectivity index (χ1n) is 5.35. The summed E-state index contributed by atoms with van der Waals surface area (Å²) in [5.74, 6) is 0.477. The van der Waals surface area contributed by atoms with Gasteiger partial charge in [0.05, 0.1) is 0 Å². The number of hydrogen-bond acceptors (Lipinski definition) is 3. The number of ether oxygens (including phenoxy) is 1. The molecule has 4 heteroatoms. The predicted molar refractivity (Wildman–Crippen MR) is 67.7 cm³/mol. The van der Waals surface area contributed by atoms with Crippen LogP contribution in [0.2, 0.25) is 0 Å². The van der Waals surface area contributed by atoms with Crippen molar-refractivity contribution in [3.8, 4) is 5.75 Å². The Morgan fingerprint density at radius 2 is 2.00 bits per heavy atom. The van der Waals surface area contributed by atoms with E-state index in [1.807, 2.05) is 19.1 Å². The summed E-state index contributed by atoms with van der Waals surface area (Å²) in [4.78, 5) is 2.26. The highest BCUT2D eigenvalue weighted by Gasteiger charge is 2.03. The third-order valence-electron chi connectivity index (χ3n) is 2.43. The van der Waals surface area contributed by atoms with Crippen LogP contribution in [0.1, 0.15) is 15.3 Å². The minimum Gasteiger partial charge on any atom is -0.488 e. The fourth-order valence-electron chi connectivity index (χ4n) is 1.53. The van der Waals surface area contributed by atoms with E-state index in [1.165, 1.54) is 12.1 Å². The van der Waals surface area contributed by atoms with Crippen molar-refractivity contribution < 1.29 is 9.13 Å². The number of benzene rings is 1. The Morgan fingerprint density at radius 1 is 1.24 bits per heavy atom. The lowest BCUT2D eigenvalue weighted by molar-refractivity contribution is 0.307. The lowest BCUT2D eigenvalue weighted by atomic mass is 10.2. The summed E-state index contributed by atoms with van der Waals surface area (Å²) in [5, 5.41) is 0. The number of aryl methyl sites for hydroxylation is 1. The number of thiophene rings is 1. The summed E-state index contributed by atoms with van der Waals surface area (Å²) in [6.07, 6.45) is 0. The Balaban J connectivity index is 2.02. The standard InChI is InChI=1S/C13H14FNOS/c1-9-6-10(14)2-5-13(9)16-8-12-4-3-11(7-15)17-12/h2-6H,7-8,15H2,1H3. The van der Waals surface area contributed by atoms with Gasteiger partial charge in [-0.3, -0.25) is 0 Å². The fraction of sp³-hybridized carbons (Fsp3) is 0.231. The van der Waals surface area contributed by atoms with E-state index in [0.29, 0.717) is 18.9 Å². The topological polar surface area (TPSA) is 35.2 Å². The second-order valence-electron chi connectivity index (χ2n) is 3.77. The van der Waals surface area contributed by atoms with Crippen molar-refractivity contribution in [1.29, 1.82) is 0 Å². The molecule has 0 saturated carbocycles. The van der Waals surface area contributed by atoms with Crippen LogP contribution in [0.25, 0.3) is 0 Å². The molecule has 2 N–H and O–H groups in total. The number of nitrogens with two attached hydrogens (primary N) is 1. The van der Waals surface area contributed by atoms with Crippen LogP contribution in [0.15, 0.2) is 30.3 Å². The third kappa shape index (κ3) is 3.05. The first kappa shape index (κ1) is 12.1. The smallest absolute Gasteiger partial charge is 0.123 e. The minimum atomic E-state index is -0.239. The van der Waals surface area contributed by atoms with Gasteiger partial charge in [0.1, 0.15) is 18.2 Å². The zero-order valence-corrected chi connectivity index (χ0v) is 10.4. The molecule has 2 nitrogen and oxygen atoms in total. The maximum atomic E-state index is 12.9. The molecule has 0 amide bonds. The number of halogens is 1. The van der Waals surface area contributed by atoms with Gasteiger partial charge in [0.25, 0.3) is 0 Å². The van der Waals surface area contributed by atoms with E-state index in [4.69, 9.17) is 10.5 Å². The highest BCUT2D eigenvalue weighted by atomic mass is 32.1. The highest BCUT2D eigenvalue weighted by Crippen LogP contribution is 2.22. The molecule has 0 aliphatic rings. The summed E-state index contributed by atoms with van der Waals surface area (Å²) in [7, 11) is 0. The molecule has 0 fully saturated rings. The minimum absolute atomic E-state index is 0.239. The molecule has 0 saturated heterocycles. The summed E-state index contributed by atoms with van der Waals surface area (Å²) >= 11 is 1.64. The molecule has 0 aliphatic carbocycles. The SMILES string of the molecule is Cc1cc(F)ccc1OCc1ccc(CN)s1. The van der Waals surface area contributed by atoms with E-state index < -0.39 is 0 Å². The van der Waals surface area contributed by atoms with E-state index in [2.05, 4.69) is 0 Å². The van der Waals surface area contributed by atoms with Gasteiger partial charge < -0.3 is 10.5 Å². The predicted octanol–water partition coefficient (Wildman–Crippen LogP) is 3.23. The largest absolute Gasteiger partial charge is 0.488 e. The van der Waals surface area contributed by atoms with E-state index >= 15 is 0 Å². The molecule has 2 rings (SSSR count). The number of rotatable bonds is 4. The maximum absolute atomic E-state index is 12.9. The first-order valence-corrected chi connectivity index (χ1v) is 6.17. The molecule has 0 atom stereocenters. The summed E-state index contributed by atoms with van der Waals surface area (Å²) in [6, 6.07) is 8.53. The van der Waals surface area contributed by atoms with E-state index in [1.54, 1.807) is 17.4 Å². The molecular formula is C13H14FNOS. The van der Waals surface area contributed by atoms with Crippen molar-refractivity contribution in [2.24, 2.45) is 5.73 Å². The second kappa shape index (κ2) is 5.29. The fourth-order valence-corrected chi connectivity index (χ4v) is 2.34. The third-order valence-corrected chi connectivity index (χ3v) is 3.51. The van der Waals surface area contributed by atoms with E-state index in [9.17, 15) is 4.39 Å². The van der Waals surface area contributed by atoms with Crippen molar-refractivity contribution in [3.05, 3.63) is 51.5 Å². The number of hydrogen-bond donors (Lipinski definition) is 1. The van der Waals surface area contributed by atoms with Gasteiger partial charge in [-0.2, -0.15) is 0 Å². The van der Waals surface area contributed by atoms with Crippen LogP contribution in [0, 0.1) is 12.7 Å². The zero-order chi connectivity index (χ0) is 12.3.